The molecule has 2 rings (SSSR count). The molecule has 1 fully saturated rings. The molecule has 0 aliphatic heterocycles. The number of rotatable bonds is 3. The second kappa shape index (κ2) is 6.78. The van der Waals surface area contributed by atoms with Crippen LogP contribution < -0.4 is 5.32 Å². The van der Waals surface area contributed by atoms with E-state index in [-0.39, 0.29) is 17.9 Å². The highest BCUT2D eigenvalue weighted by molar-refractivity contribution is 5.96. The fourth-order valence-corrected chi connectivity index (χ4v) is 3.02. The average molecular weight is 285 g/mol. The Labute approximate surface area is 126 Å². The van der Waals surface area contributed by atoms with Crippen molar-refractivity contribution in [2.24, 2.45) is 5.41 Å². The first-order valence-corrected chi connectivity index (χ1v) is 7.63. The van der Waals surface area contributed by atoms with Crippen LogP contribution in [-0.4, -0.2) is 17.6 Å². The fraction of sp³-hybridized carbons (Fsp3) is 0.500. The van der Waals surface area contributed by atoms with Crippen molar-refractivity contribution >= 4 is 11.6 Å². The monoisotopic (exact) mass is 285 g/mol. The number of aliphatic hydroxyl groups excluding tert-OH is 1. The summed E-state index contributed by atoms with van der Waals surface area (Å²) in [6.45, 7) is 3.92. The highest BCUT2D eigenvalue weighted by atomic mass is 16.2. The Balaban J connectivity index is 2.20. The number of benzene rings is 1. The van der Waals surface area contributed by atoms with Gasteiger partial charge in [0.2, 0.25) is 5.91 Å². The molecule has 1 saturated carbocycles. The molecule has 3 heteroatoms. The van der Waals surface area contributed by atoms with Crippen LogP contribution in [0.5, 0.6) is 0 Å². The van der Waals surface area contributed by atoms with Crippen LogP contribution in [0.4, 0.5) is 5.69 Å². The minimum absolute atomic E-state index is 0.137. The topological polar surface area (TPSA) is 49.3 Å². The van der Waals surface area contributed by atoms with E-state index in [1.54, 1.807) is 0 Å². The summed E-state index contributed by atoms with van der Waals surface area (Å²) in [6.07, 6.45) is 5.14. The summed E-state index contributed by atoms with van der Waals surface area (Å²) in [5, 5.41) is 11.9. The summed E-state index contributed by atoms with van der Waals surface area (Å²) in [4.78, 5) is 12.7. The molecule has 0 saturated heterocycles. The van der Waals surface area contributed by atoms with Crippen LogP contribution in [0.15, 0.2) is 18.2 Å². The molecule has 0 aromatic heterocycles. The van der Waals surface area contributed by atoms with Crippen LogP contribution in [0.3, 0.4) is 0 Å². The Morgan fingerprint density at radius 1 is 1.38 bits per heavy atom. The number of nitrogens with one attached hydrogen (secondary N) is 1. The average Bonchev–Trinajstić information content (AvgIpc) is 2.98. The maximum Gasteiger partial charge on any atom is 0.230 e. The van der Waals surface area contributed by atoms with E-state index >= 15 is 0 Å². The van der Waals surface area contributed by atoms with Gasteiger partial charge < -0.3 is 10.4 Å². The lowest BCUT2D eigenvalue weighted by Crippen LogP contribution is -2.33. The number of carbonyl (C=O) groups excluding carboxylic acids is 1. The molecule has 3 nitrogen and oxygen atoms in total. The van der Waals surface area contributed by atoms with E-state index in [0.29, 0.717) is 0 Å². The van der Waals surface area contributed by atoms with E-state index in [2.05, 4.69) is 24.1 Å². The van der Waals surface area contributed by atoms with Crippen LogP contribution in [0.2, 0.25) is 0 Å². The van der Waals surface area contributed by atoms with Crippen LogP contribution in [0.1, 0.15) is 50.2 Å². The lowest BCUT2D eigenvalue weighted by atomic mass is 9.82. The van der Waals surface area contributed by atoms with Crippen LogP contribution in [0, 0.1) is 24.2 Å². The molecular weight excluding hydrogens is 262 g/mol. The normalized spacial score (nSPS) is 16.1. The summed E-state index contributed by atoms with van der Waals surface area (Å²) in [7, 11) is 0. The van der Waals surface area contributed by atoms with Crippen molar-refractivity contribution in [3.63, 3.8) is 0 Å². The van der Waals surface area contributed by atoms with E-state index in [1.807, 2.05) is 25.1 Å². The zero-order valence-electron chi connectivity index (χ0n) is 12.8. The minimum Gasteiger partial charge on any atom is -0.384 e. The van der Waals surface area contributed by atoms with Gasteiger partial charge in [-0.25, -0.2) is 0 Å². The SMILES string of the molecule is CCC1(C(=O)Nc2cc(C#CCO)ccc2C)CCCC1. The summed E-state index contributed by atoms with van der Waals surface area (Å²) in [5.41, 5.74) is 2.47. The first-order valence-electron chi connectivity index (χ1n) is 7.63. The molecule has 1 aromatic rings. The Hall–Kier alpha value is -1.79. The van der Waals surface area contributed by atoms with Gasteiger partial charge in [0.25, 0.3) is 0 Å². The van der Waals surface area contributed by atoms with Gasteiger partial charge in [0.1, 0.15) is 6.61 Å². The zero-order chi connectivity index (χ0) is 15.3. The summed E-state index contributed by atoms with van der Waals surface area (Å²) >= 11 is 0. The molecular formula is C18H23NO2. The molecule has 21 heavy (non-hydrogen) atoms. The molecule has 0 bridgehead atoms. The van der Waals surface area contributed by atoms with E-state index < -0.39 is 0 Å². The van der Waals surface area contributed by atoms with Gasteiger partial charge in [-0.05, 0) is 43.9 Å². The summed E-state index contributed by atoms with van der Waals surface area (Å²) < 4.78 is 0. The van der Waals surface area contributed by atoms with E-state index in [9.17, 15) is 4.79 Å². The minimum atomic E-state index is -0.195. The molecule has 0 radical (unpaired) electrons. The molecule has 112 valence electrons. The van der Waals surface area contributed by atoms with E-state index in [4.69, 9.17) is 5.11 Å². The van der Waals surface area contributed by atoms with E-state index in [0.717, 1.165) is 48.9 Å². The lowest BCUT2D eigenvalue weighted by molar-refractivity contribution is -0.125. The highest BCUT2D eigenvalue weighted by Crippen LogP contribution is 2.42. The van der Waals surface area contributed by atoms with Crippen LogP contribution in [-0.2, 0) is 4.79 Å². The van der Waals surface area contributed by atoms with Gasteiger partial charge in [0, 0.05) is 16.7 Å². The third-order valence-corrected chi connectivity index (χ3v) is 4.52. The Bertz CT molecular complexity index is 575. The second-order valence-electron chi connectivity index (χ2n) is 5.78. The molecule has 1 amide bonds. The maximum atomic E-state index is 12.7. The van der Waals surface area contributed by atoms with Crippen molar-refractivity contribution in [2.75, 3.05) is 11.9 Å². The van der Waals surface area contributed by atoms with Crippen molar-refractivity contribution in [2.45, 2.75) is 46.0 Å². The Morgan fingerprint density at radius 3 is 2.71 bits per heavy atom. The Morgan fingerprint density at radius 2 is 2.10 bits per heavy atom. The molecule has 1 aliphatic rings. The van der Waals surface area contributed by atoms with Gasteiger partial charge in [-0.3, -0.25) is 4.79 Å². The van der Waals surface area contributed by atoms with Crippen molar-refractivity contribution < 1.29 is 9.90 Å². The van der Waals surface area contributed by atoms with Gasteiger partial charge >= 0.3 is 0 Å². The number of amides is 1. The van der Waals surface area contributed by atoms with Crippen molar-refractivity contribution in [1.82, 2.24) is 0 Å². The number of aliphatic hydroxyl groups is 1. The maximum absolute atomic E-state index is 12.7. The van der Waals surface area contributed by atoms with Gasteiger partial charge in [0.05, 0.1) is 0 Å². The number of anilines is 1. The number of carbonyl (C=O) groups is 1. The lowest BCUT2D eigenvalue weighted by Gasteiger charge is -2.26. The number of aryl methyl sites for hydroxylation is 1. The van der Waals surface area contributed by atoms with Crippen LogP contribution in [0.25, 0.3) is 0 Å². The largest absolute Gasteiger partial charge is 0.384 e. The molecule has 0 heterocycles. The zero-order valence-corrected chi connectivity index (χ0v) is 12.8. The molecule has 1 aromatic carbocycles. The fourth-order valence-electron chi connectivity index (χ4n) is 3.02. The first-order chi connectivity index (χ1) is 10.1. The van der Waals surface area contributed by atoms with Crippen LogP contribution >= 0.6 is 0 Å². The molecule has 0 atom stereocenters. The Kier molecular flexibility index (Phi) is 5.03. The van der Waals surface area contributed by atoms with Crippen molar-refractivity contribution in [1.29, 1.82) is 0 Å². The predicted octanol–water partition coefficient (Wildman–Crippen LogP) is 3.25. The highest BCUT2D eigenvalue weighted by Gasteiger charge is 2.39. The quantitative estimate of drug-likeness (QED) is 0.838. The third kappa shape index (κ3) is 3.46. The summed E-state index contributed by atoms with van der Waals surface area (Å²) in [5.74, 6) is 5.64. The first kappa shape index (κ1) is 15.6. The van der Waals surface area contributed by atoms with Gasteiger partial charge in [-0.1, -0.05) is 37.7 Å². The third-order valence-electron chi connectivity index (χ3n) is 4.52. The van der Waals surface area contributed by atoms with Crippen molar-refractivity contribution in [3.05, 3.63) is 29.3 Å². The standard InChI is InChI=1S/C18H23NO2/c1-3-18(10-4-5-11-18)17(21)19-16-13-15(7-6-12-20)9-8-14(16)2/h8-9,13,20H,3-5,10-12H2,1-2H3,(H,19,21). The number of hydrogen-bond donors (Lipinski definition) is 2. The molecule has 2 N–H and O–H groups in total. The smallest absolute Gasteiger partial charge is 0.230 e. The second-order valence-corrected chi connectivity index (χ2v) is 5.78. The molecule has 0 unspecified atom stereocenters. The molecule has 1 aliphatic carbocycles. The van der Waals surface area contributed by atoms with E-state index in [1.165, 1.54) is 0 Å². The number of hydrogen-bond acceptors (Lipinski definition) is 2. The van der Waals surface area contributed by atoms with Crippen molar-refractivity contribution in [3.8, 4) is 11.8 Å². The summed E-state index contributed by atoms with van der Waals surface area (Å²) in [6, 6.07) is 5.73. The molecule has 0 spiro atoms. The predicted molar refractivity (Wildman–Crippen MR) is 85.0 cm³/mol. The van der Waals surface area contributed by atoms with Gasteiger partial charge in [-0.2, -0.15) is 0 Å². The van der Waals surface area contributed by atoms with Gasteiger partial charge in [-0.15, -0.1) is 0 Å². The van der Waals surface area contributed by atoms with Gasteiger partial charge in [0.15, 0.2) is 0 Å².